The van der Waals surface area contributed by atoms with Crippen LogP contribution < -0.4 is 5.32 Å². The topological polar surface area (TPSA) is 87.7 Å². The molecule has 1 aliphatic carbocycles. The first-order valence-corrected chi connectivity index (χ1v) is 11.8. The molecule has 2 N–H and O–H groups in total. The van der Waals surface area contributed by atoms with Crippen LogP contribution in [0, 0.1) is 5.92 Å². The van der Waals surface area contributed by atoms with Gasteiger partial charge < -0.3 is 5.32 Å². The Morgan fingerprint density at radius 2 is 2.07 bits per heavy atom. The number of anilines is 1. The Morgan fingerprint density at radius 3 is 2.79 bits per heavy atom. The number of H-pyrrole nitrogens is 1. The molecule has 1 fully saturated rings. The average molecular weight is 419 g/mol. The van der Waals surface area contributed by atoms with Gasteiger partial charge in [0.05, 0.1) is 11.4 Å². The molecule has 8 heteroatoms. The highest BCUT2D eigenvalue weighted by molar-refractivity contribution is 7.99. The molecule has 1 heterocycles. The Hall–Kier alpha value is -1.80. The van der Waals surface area contributed by atoms with Crippen molar-refractivity contribution in [1.29, 1.82) is 0 Å². The summed E-state index contributed by atoms with van der Waals surface area (Å²) >= 11 is 2.85. The molecule has 1 aromatic carbocycles. The van der Waals surface area contributed by atoms with Crippen LogP contribution in [0.15, 0.2) is 28.3 Å². The van der Waals surface area contributed by atoms with Crippen molar-refractivity contribution in [1.82, 2.24) is 15.2 Å². The SMILES string of the molecule is CSc1cc(C(=O)CSc2n[nH]c(CCC3CCCC3)n2)ccc1NC(C)=O. The largest absolute Gasteiger partial charge is 0.325 e. The third-order valence-electron chi connectivity index (χ3n) is 4.94. The lowest BCUT2D eigenvalue weighted by Gasteiger charge is -2.09. The molecule has 1 saturated carbocycles. The molecule has 1 aliphatic rings. The van der Waals surface area contributed by atoms with Crippen molar-refractivity contribution in [2.24, 2.45) is 5.92 Å². The fourth-order valence-corrected chi connectivity index (χ4v) is 4.76. The van der Waals surface area contributed by atoms with Crippen LogP contribution in [0.1, 0.15) is 55.2 Å². The molecule has 2 aromatic rings. The van der Waals surface area contributed by atoms with Gasteiger partial charge in [0.2, 0.25) is 11.1 Å². The number of rotatable bonds is 9. The number of hydrogen-bond donors (Lipinski definition) is 2. The van der Waals surface area contributed by atoms with E-state index < -0.39 is 0 Å². The summed E-state index contributed by atoms with van der Waals surface area (Å²) in [6, 6.07) is 5.35. The third kappa shape index (κ3) is 5.85. The monoisotopic (exact) mass is 418 g/mol. The van der Waals surface area contributed by atoms with Crippen LogP contribution in [-0.4, -0.2) is 38.9 Å². The van der Waals surface area contributed by atoms with Crippen LogP contribution in [0.5, 0.6) is 0 Å². The average Bonchev–Trinajstić information content (AvgIpc) is 3.36. The lowest BCUT2D eigenvalue weighted by Crippen LogP contribution is -2.08. The number of thioether (sulfide) groups is 2. The summed E-state index contributed by atoms with van der Waals surface area (Å²) < 4.78 is 0. The Bertz CT molecular complexity index is 831. The molecule has 150 valence electrons. The Kier molecular flexibility index (Phi) is 7.56. The zero-order valence-electron chi connectivity index (χ0n) is 16.3. The van der Waals surface area contributed by atoms with Gasteiger partial charge >= 0.3 is 0 Å². The van der Waals surface area contributed by atoms with Gasteiger partial charge in [-0.2, -0.15) is 0 Å². The quantitative estimate of drug-likeness (QED) is 0.458. The van der Waals surface area contributed by atoms with E-state index in [1.54, 1.807) is 12.1 Å². The Balaban J connectivity index is 1.53. The fourth-order valence-electron chi connectivity index (χ4n) is 3.47. The lowest BCUT2D eigenvalue weighted by atomic mass is 10.0. The number of carbonyl (C=O) groups is 2. The summed E-state index contributed by atoms with van der Waals surface area (Å²) in [5, 5.41) is 10.6. The second-order valence-corrected chi connectivity index (χ2v) is 8.85. The molecule has 6 nitrogen and oxygen atoms in total. The van der Waals surface area contributed by atoms with Gasteiger partial charge in [-0.05, 0) is 36.8 Å². The first kappa shape index (κ1) is 20.9. The number of nitrogens with one attached hydrogen (secondary N) is 2. The van der Waals surface area contributed by atoms with Crippen LogP contribution in [0.2, 0.25) is 0 Å². The van der Waals surface area contributed by atoms with Gasteiger partial charge in [0.15, 0.2) is 5.78 Å². The number of ketones is 1. The number of aromatic amines is 1. The number of amides is 1. The van der Waals surface area contributed by atoms with E-state index >= 15 is 0 Å². The minimum Gasteiger partial charge on any atom is -0.325 e. The molecule has 0 aliphatic heterocycles. The summed E-state index contributed by atoms with van der Waals surface area (Å²) in [4.78, 5) is 29.2. The van der Waals surface area contributed by atoms with Crippen LogP contribution >= 0.6 is 23.5 Å². The van der Waals surface area contributed by atoms with Gasteiger partial charge in [-0.25, -0.2) is 4.98 Å². The Labute approximate surface area is 174 Å². The molecule has 0 spiro atoms. The summed E-state index contributed by atoms with van der Waals surface area (Å²) in [6.07, 6.45) is 9.39. The van der Waals surface area contributed by atoms with Crippen LogP contribution in [0.4, 0.5) is 5.69 Å². The van der Waals surface area contributed by atoms with Crippen molar-refractivity contribution in [3.05, 3.63) is 29.6 Å². The summed E-state index contributed by atoms with van der Waals surface area (Å²) in [7, 11) is 0. The van der Waals surface area contributed by atoms with E-state index in [2.05, 4.69) is 20.5 Å². The van der Waals surface area contributed by atoms with E-state index in [4.69, 9.17) is 0 Å². The highest BCUT2D eigenvalue weighted by Gasteiger charge is 2.16. The highest BCUT2D eigenvalue weighted by Crippen LogP contribution is 2.29. The smallest absolute Gasteiger partial charge is 0.221 e. The zero-order valence-corrected chi connectivity index (χ0v) is 17.9. The standard InChI is InChI=1S/C20H26N4O2S2/c1-13(25)21-16-9-8-15(11-18(16)27-2)17(26)12-28-20-22-19(23-24-20)10-7-14-5-3-4-6-14/h8-9,11,14H,3-7,10,12H2,1-2H3,(H,21,25)(H,22,23,24). The van der Waals surface area contributed by atoms with Gasteiger partial charge in [-0.15, -0.1) is 16.9 Å². The number of carbonyl (C=O) groups excluding carboxylic acids is 2. The molecular formula is C20H26N4O2S2. The van der Waals surface area contributed by atoms with Crippen molar-refractivity contribution >= 4 is 40.9 Å². The van der Waals surface area contributed by atoms with E-state index in [0.717, 1.165) is 35.2 Å². The lowest BCUT2D eigenvalue weighted by molar-refractivity contribution is -0.114. The minimum atomic E-state index is -0.127. The van der Waals surface area contributed by atoms with Gasteiger partial charge in [-0.1, -0.05) is 37.4 Å². The van der Waals surface area contributed by atoms with Gasteiger partial charge in [0, 0.05) is 23.8 Å². The number of benzene rings is 1. The number of hydrogen-bond acceptors (Lipinski definition) is 6. The predicted octanol–water partition coefficient (Wildman–Crippen LogP) is 4.58. The van der Waals surface area contributed by atoms with Crippen LogP contribution in [-0.2, 0) is 11.2 Å². The molecule has 0 saturated heterocycles. The fraction of sp³-hybridized carbons (Fsp3) is 0.500. The summed E-state index contributed by atoms with van der Waals surface area (Å²) in [6.45, 7) is 1.47. The molecule has 1 aromatic heterocycles. The van der Waals surface area contributed by atoms with Crippen molar-refractivity contribution in [3.8, 4) is 0 Å². The first-order valence-electron chi connectivity index (χ1n) is 9.58. The van der Waals surface area contributed by atoms with Gasteiger partial charge in [0.25, 0.3) is 0 Å². The molecule has 28 heavy (non-hydrogen) atoms. The maximum atomic E-state index is 12.5. The van der Waals surface area contributed by atoms with E-state index in [-0.39, 0.29) is 17.4 Å². The van der Waals surface area contributed by atoms with Crippen molar-refractivity contribution in [3.63, 3.8) is 0 Å². The Morgan fingerprint density at radius 1 is 1.29 bits per heavy atom. The zero-order chi connectivity index (χ0) is 19.9. The van der Waals surface area contributed by atoms with E-state index in [1.165, 1.54) is 56.1 Å². The van der Waals surface area contributed by atoms with Crippen molar-refractivity contribution < 1.29 is 9.59 Å². The molecule has 1 amide bonds. The summed E-state index contributed by atoms with van der Waals surface area (Å²) in [5.41, 5.74) is 1.35. The number of nitrogens with zero attached hydrogens (tertiary/aromatic N) is 2. The number of Topliss-reactive ketones (excluding diaryl/α,β-unsaturated/α-hetero) is 1. The van der Waals surface area contributed by atoms with Crippen molar-refractivity contribution in [2.75, 3.05) is 17.3 Å². The third-order valence-corrected chi connectivity index (χ3v) is 6.57. The van der Waals surface area contributed by atoms with Gasteiger partial charge in [0.1, 0.15) is 5.82 Å². The first-order chi connectivity index (χ1) is 13.5. The maximum absolute atomic E-state index is 12.5. The van der Waals surface area contributed by atoms with E-state index in [1.807, 2.05) is 12.3 Å². The second-order valence-electron chi connectivity index (χ2n) is 7.06. The predicted molar refractivity (Wildman–Crippen MR) is 114 cm³/mol. The minimum absolute atomic E-state index is 0.0204. The molecule has 0 unspecified atom stereocenters. The van der Waals surface area contributed by atoms with Crippen LogP contribution in [0.25, 0.3) is 0 Å². The molecular weight excluding hydrogens is 392 g/mol. The molecule has 0 atom stereocenters. The van der Waals surface area contributed by atoms with Crippen molar-refractivity contribution in [2.45, 2.75) is 55.5 Å². The maximum Gasteiger partial charge on any atom is 0.221 e. The number of aryl methyl sites for hydroxylation is 1. The molecule has 0 bridgehead atoms. The van der Waals surface area contributed by atoms with Gasteiger partial charge in [-0.3, -0.25) is 14.7 Å². The summed E-state index contributed by atoms with van der Waals surface area (Å²) in [5.74, 6) is 1.91. The second kappa shape index (κ2) is 10.1. The molecule has 3 rings (SSSR count). The normalized spacial score (nSPS) is 14.4. The highest BCUT2D eigenvalue weighted by atomic mass is 32.2. The molecule has 0 radical (unpaired) electrons. The van der Waals surface area contributed by atoms with E-state index in [9.17, 15) is 9.59 Å². The van der Waals surface area contributed by atoms with Crippen LogP contribution in [0.3, 0.4) is 0 Å². The number of aromatic nitrogens is 3. The van der Waals surface area contributed by atoms with E-state index in [0.29, 0.717) is 10.7 Å².